The van der Waals surface area contributed by atoms with Gasteiger partial charge in [0.25, 0.3) is 0 Å². The molecular weight excluding hydrogens is 295 g/mol. The van der Waals surface area contributed by atoms with E-state index in [-0.39, 0.29) is 17.3 Å². The van der Waals surface area contributed by atoms with Crippen LogP contribution in [0.2, 0.25) is 5.82 Å². The molecule has 5 rings (SSSR count). The van der Waals surface area contributed by atoms with Gasteiger partial charge in [0, 0.05) is 24.4 Å². The summed E-state index contributed by atoms with van der Waals surface area (Å²) in [7, 11) is -1.34. The number of amides is 1. The van der Waals surface area contributed by atoms with E-state index in [9.17, 15) is 19.9 Å². The van der Waals surface area contributed by atoms with Gasteiger partial charge in [0.05, 0.1) is 12.1 Å². The Morgan fingerprint density at radius 2 is 1.91 bits per heavy atom. The molecule has 5 fully saturated rings. The predicted octanol–water partition coefficient (Wildman–Crippen LogP) is -0.265. The Hall–Kier alpha value is -0.625. The molecule has 7 heteroatoms. The van der Waals surface area contributed by atoms with E-state index in [1.54, 1.807) is 4.90 Å². The van der Waals surface area contributed by atoms with Crippen LogP contribution in [0.25, 0.3) is 0 Å². The average molecular weight is 322 g/mol. The Bertz CT molecular complexity index is 486. The summed E-state index contributed by atoms with van der Waals surface area (Å²) in [6.45, 7) is 1.33. The molecule has 5 aliphatic rings. The van der Waals surface area contributed by atoms with Gasteiger partial charge in [-0.1, -0.05) is 0 Å². The third-order valence-corrected chi connectivity index (χ3v) is 6.64. The fourth-order valence-corrected chi connectivity index (χ4v) is 6.05. The molecule has 0 aromatic rings. The molecule has 3 atom stereocenters. The van der Waals surface area contributed by atoms with Gasteiger partial charge >= 0.3 is 7.12 Å². The quantitative estimate of drug-likeness (QED) is 0.535. The number of nitrogens with zero attached hydrogens (tertiary/aromatic N) is 1. The third-order valence-electron chi connectivity index (χ3n) is 6.64. The summed E-state index contributed by atoms with van der Waals surface area (Å²) < 4.78 is 0. The van der Waals surface area contributed by atoms with Crippen molar-refractivity contribution in [1.82, 2.24) is 10.2 Å². The van der Waals surface area contributed by atoms with E-state index in [0.29, 0.717) is 37.9 Å². The van der Waals surface area contributed by atoms with Crippen LogP contribution in [0.15, 0.2) is 0 Å². The monoisotopic (exact) mass is 322 g/mol. The van der Waals surface area contributed by atoms with Crippen molar-refractivity contribution in [2.45, 2.75) is 61.9 Å². The highest BCUT2D eigenvalue weighted by molar-refractivity contribution is 6.43. The molecule has 0 aromatic heterocycles. The molecule has 4 bridgehead atoms. The van der Waals surface area contributed by atoms with Gasteiger partial charge in [-0.2, -0.15) is 0 Å². The lowest BCUT2D eigenvalue weighted by Crippen LogP contribution is -2.65. The van der Waals surface area contributed by atoms with E-state index in [1.807, 2.05) is 0 Å². The third kappa shape index (κ3) is 2.93. The Kier molecular flexibility index (Phi) is 3.76. The first-order valence-electron chi connectivity index (χ1n) is 8.98. The topological polar surface area (TPSA) is 93.0 Å². The summed E-state index contributed by atoms with van der Waals surface area (Å²) in [4.78, 5) is 14.2. The summed E-state index contributed by atoms with van der Waals surface area (Å²) >= 11 is 0. The van der Waals surface area contributed by atoms with Crippen molar-refractivity contribution < 1.29 is 19.9 Å². The number of rotatable bonds is 4. The number of likely N-dealkylation sites (tertiary alicyclic amines) is 1. The van der Waals surface area contributed by atoms with Gasteiger partial charge in [-0.15, -0.1) is 0 Å². The maximum Gasteiger partial charge on any atom is 0.456 e. The minimum Gasteiger partial charge on any atom is -0.427 e. The van der Waals surface area contributed by atoms with Crippen LogP contribution < -0.4 is 5.32 Å². The zero-order valence-electron chi connectivity index (χ0n) is 13.6. The highest BCUT2D eigenvalue weighted by Crippen LogP contribution is 2.57. The Balaban J connectivity index is 1.35. The van der Waals surface area contributed by atoms with E-state index in [0.717, 1.165) is 32.1 Å². The highest BCUT2D eigenvalue weighted by atomic mass is 16.4. The standard InChI is InChI=1S/C16H27BN2O4/c20-14(19-2-1-13(9-19)17(22)23)8-18-15-4-11-3-12(5-15)7-16(21,6-11)10-15/h11-13,18,21-23H,1-10H2/t11?,12?,13-,15?,16?/m1/s1. The van der Waals surface area contributed by atoms with Crippen molar-refractivity contribution in [3.8, 4) is 0 Å². The number of hydrogen-bond donors (Lipinski definition) is 4. The van der Waals surface area contributed by atoms with Crippen LogP contribution >= 0.6 is 0 Å². The lowest BCUT2D eigenvalue weighted by Gasteiger charge is -2.60. The highest BCUT2D eigenvalue weighted by Gasteiger charge is 2.57. The number of carbonyl (C=O) groups is 1. The van der Waals surface area contributed by atoms with Crippen LogP contribution in [0, 0.1) is 11.8 Å². The maximum atomic E-state index is 12.4. The van der Waals surface area contributed by atoms with Crippen molar-refractivity contribution in [2.24, 2.45) is 11.8 Å². The molecule has 1 amide bonds. The largest absolute Gasteiger partial charge is 0.456 e. The minimum atomic E-state index is -1.34. The lowest BCUT2D eigenvalue weighted by atomic mass is 9.51. The summed E-state index contributed by atoms with van der Waals surface area (Å²) in [5.41, 5.74) is -0.579. The lowest BCUT2D eigenvalue weighted by molar-refractivity contribution is -0.146. The molecule has 128 valence electrons. The minimum absolute atomic E-state index is 0.0379. The van der Waals surface area contributed by atoms with Crippen LogP contribution in [-0.4, -0.2) is 63.9 Å². The fraction of sp³-hybridized carbons (Fsp3) is 0.938. The van der Waals surface area contributed by atoms with Gasteiger partial charge in [0.1, 0.15) is 0 Å². The molecule has 23 heavy (non-hydrogen) atoms. The van der Waals surface area contributed by atoms with Gasteiger partial charge < -0.3 is 25.4 Å². The molecule has 1 saturated heterocycles. The molecule has 4 N–H and O–H groups in total. The Labute approximate surface area is 137 Å². The number of nitrogens with one attached hydrogen (secondary N) is 1. The molecule has 0 spiro atoms. The SMILES string of the molecule is O=C(CNC12CC3CC(CC(O)(C3)C1)C2)N1CC[C@@H](B(O)O)C1. The molecular formula is C16H27BN2O4. The number of hydrogen-bond acceptors (Lipinski definition) is 5. The first-order valence-corrected chi connectivity index (χ1v) is 8.98. The summed E-state index contributed by atoms with van der Waals surface area (Å²) in [5, 5.41) is 32.7. The van der Waals surface area contributed by atoms with Crippen LogP contribution in [0.4, 0.5) is 0 Å². The predicted molar refractivity (Wildman–Crippen MR) is 85.5 cm³/mol. The van der Waals surface area contributed by atoms with Crippen molar-refractivity contribution in [3.05, 3.63) is 0 Å². The summed E-state index contributed by atoms with van der Waals surface area (Å²) in [6, 6.07) is 0. The normalized spacial score (nSPS) is 44.8. The van der Waals surface area contributed by atoms with Crippen LogP contribution in [0.5, 0.6) is 0 Å². The zero-order chi connectivity index (χ0) is 16.2. The van der Waals surface area contributed by atoms with Crippen LogP contribution in [0.3, 0.4) is 0 Å². The Morgan fingerprint density at radius 1 is 1.22 bits per heavy atom. The van der Waals surface area contributed by atoms with E-state index >= 15 is 0 Å². The van der Waals surface area contributed by atoms with E-state index in [1.165, 1.54) is 6.42 Å². The molecule has 4 aliphatic carbocycles. The van der Waals surface area contributed by atoms with E-state index < -0.39 is 12.7 Å². The number of carbonyl (C=O) groups excluding carboxylic acids is 1. The molecule has 0 radical (unpaired) electrons. The molecule has 1 heterocycles. The summed E-state index contributed by atoms with van der Waals surface area (Å²) in [5.74, 6) is 1.02. The van der Waals surface area contributed by atoms with Gasteiger partial charge in [-0.3, -0.25) is 4.79 Å². The number of aliphatic hydroxyl groups is 1. The molecule has 4 saturated carbocycles. The molecule has 2 unspecified atom stereocenters. The first kappa shape index (κ1) is 15.9. The molecule has 1 aliphatic heterocycles. The van der Waals surface area contributed by atoms with Gasteiger partial charge in [-0.25, -0.2) is 0 Å². The summed E-state index contributed by atoms with van der Waals surface area (Å²) in [6.07, 6.45) is 6.69. The van der Waals surface area contributed by atoms with Gasteiger partial charge in [0.15, 0.2) is 0 Å². The van der Waals surface area contributed by atoms with Crippen LogP contribution in [0.1, 0.15) is 44.9 Å². The fourth-order valence-electron chi connectivity index (χ4n) is 6.05. The zero-order valence-corrected chi connectivity index (χ0v) is 13.6. The van der Waals surface area contributed by atoms with E-state index in [2.05, 4.69) is 5.32 Å². The Morgan fingerprint density at radius 3 is 2.48 bits per heavy atom. The van der Waals surface area contributed by atoms with Gasteiger partial charge in [0.2, 0.25) is 5.91 Å². The second-order valence-electron chi connectivity index (χ2n) is 8.62. The molecule has 6 nitrogen and oxygen atoms in total. The molecule has 0 aromatic carbocycles. The van der Waals surface area contributed by atoms with Crippen molar-refractivity contribution in [2.75, 3.05) is 19.6 Å². The average Bonchev–Trinajstić information content (AvgIpc) is 2.92. The maximum absolute atomic E-state index is 12.4. The van der Waals surface area contributed by atoms with E-state index in [4.69, 9.17) is 0 Å². The van der Waals surface area contributed by atoms with Gasteiger partial charge in [-0.05, 0) is 56.8 Å². The van der Waals surface area contributed by atoms with Crippen molar-refractivity contribution in [3.63, 3.8) is 0 Å². The van der Waals surface area contributed by atoms with Crippen molar-refractivity contribution in [1.29, 1.82) is 0 Å². The first-order chi connectivity index (χ1) is 10.9. The van der Waals surface area contributed by atoms with Crippen molar-refractivity contribution >= 4 is 13.0 Å². The van der Waals surface area contributed by atoms with Crippen LogP contribution in [-0.2, 0) is 4.79 Å². The second kappa shape index (κ2) is 5.44. The second-order valence-corrected chi connectivity index (χ2v) is 8.62. The smallest absolute Gasteiger partial charge is 0.427 e.